The summed E-state index contributed by atoms with van der Waals surface area (Å²) in [6.45, 7) is 6.08. The third kappa shape index (κ3) is 3.09. The zero-order chi connectivity index (χ0) is 14.9. The van der Waals surface area contributed by atoms with Gasteiger partial charge in [0.05, 0.1) is 0 Å². The lowest BCUT2D eigenvalue weighted by Gasteiger charge is -2.14. The van der Waals surface area contributed by atoms with Gasteiger partial charge in [-0.25, -0.2) is 0 Å². The van der Waals surface area contributed by atoms with Gasteiger partial charge in [-0.3, -0.25) is 9.89 Å². The lowest BCUT2D eigenvalue weighted by atomic mass is 9.92. The van der Waals surface area contributed by atoms with Crippen LogP contribution < -0.4 is 5.32 Å². The van der Waals surface area contributed by atoms with E-state index in [1.807, 2.05) is 20.8 Å². The number of rotatable bonds is 2. The molecule has 1 amide bonds. The molecule has 0 radical (unpaired) electrons. The molecular formula is C14H17N3O3. The first-order valence-corrected chi connectivity index (χ1v) is 6.16. The van der Waals surface area contributed by atoms with Crippen molar-refractivity contribution in [2.24, 2.45) is 0 Å². The molecule has 106 valence electrons. The standard InChI is InChI=1S/C14H17N3O3/c1-14(2,3)11-7-12(17-16-11)15-13(20)8-4-9(18)6-10(19)5-8/h4-7,18-19H,1-3H3,(H2,15,16,17,20). The van der Waals surface area contributed by atoms with Crippen molar-refractivity contribution in [2.75, 3.05) is 5.32 Å². The fourth-order valence-electron chi connectivity index (χ4n) is 1.68. The number of phenolic OH excluding ortho intramolecular Hbond substituents is 2. The lowest BCUT2D eigenvalue weighted by Crippen LogP contribution is -2.12. The van der Waals surface area contributed by atoms with Gasteiger partial charge in [-0.1, -0.05) is 20.8 Å². The van der Waals surface area contributed by atoms with E-state index in [0.717, 1.165) is 11.8 Å². The van der Waals surface area contributed by atoms with Crippen molar-refractivity contribution in [3.8, 4) is 11.5 Å². The summed E-state index contributed by atoms with van der Waals surface area (Å²) >= 11 is 0. The summed E-state index contributed by atoms with van der Waals surface area (Å²) < 4.78 is 0. The number of benzene rings is 1. The number of aromatic hydroxyl groups is 2. The predicted octanol–water partition coefficient (Wildman–Crippen LogP) is 2.37. The number of nitrogens with one attached hydrogen (secondary N) is 2. The van der Waals surface area contributed by atoms with E-state index in [-0.39, 0.29) is 22.5 Å². The Bertz CT molecular complexity index is 621. The monoisotopic (exact) mass is 275 g/mol. The highest BCUT2D eigenvalue weighted by molar-refractivity contribution is 6.04. The molecule has 0 bridgehead atoms. The topological polar surface area (TPSA) is 98.2 Å². The molecule has 1 aromatic carbocycles. The van der Waals surface area contributed by atoms with Gasteiger partial charge in [-0.05, 0) is 12.1 Å². The number of amides is 1. The van der Waals surface area contributed by atoms with E-state index in [4.69, 9.17) is 0 Å². The molecular weight excluding hydrogens is 258 g/mol. The van der Waals surface area contributed by atoms with Crippen LogP contribution in [0.5, 0.6) is 11.5 Å². The van der Waals surface area contributed by atoms with Crippen molar-refractivity contribution in [2.45, 2.75) is 26.2 Å². The molecule has 0 fully saturated rings. The van der Waals surface area contributed by atoms with Crippen LogP contribution >= 0.6 is 0 Å². The Morgan fingerprint density at radius 2 is 1.75 bits per heavy atom. The van der Waals surface area contributed by atoms with Crippen molar-refractivity contribution in [1.82, 2.24) is 10.2 Å². The van der Waals surface area contributed by atoms with Crippen LogP contribution in [0.15, 0.2) is 24.3 Å². The normalized spacial score (nSPS) is 11.3. The zero-order valence-corrected chi connectivity index (χ0v) is 11.6. The van der Waals surface area contributed by atoms with E-state index in [9.17, 15) is 15.0 Å². The SMILES string of the molecule is CC(C)(C)c1cc(NC(=O)c2cc(O)cc(O)c2)n[nH]1. The van der Waals surface area contributed by atoms with E-state index in [1.165, 1.54) is 12.1 Å². The molecule has 0 spiro atoms. The summed E-state index contributed by atoms with van der Waals surface area (Å²) in [6, 6.07) is 5.45. The number of carbonyl (C=O) groups is 1. The number of aromatic nitrogens is 2. The van der Waals surface area contributed by atoms with Crippen molar-refractivity contribution < 1.29 is 15.0 Å². The van der Waals surface area contributed by atoms with Gasteiger partial charge in [-0.2, -0.15) is 5.10 Å². The summed E-state index contributed by atoms with van der Waals surface area (Å²) in [7, 11) is 0. The number of nitrogens with zero attached hydrogens (tertiary/aromatic N) is 1. The van der Waals surface area contributed by atoms with Gasteiger partial charge in [0.25, 0.3) is 5.91 Å². The maximum Gasteiger partial charge on any atom is 0.257 e. The number of hydrogen-bond donors (Lipinski definition) is 4. The van der Waals surface area contributed by atoms with Gasteiger partial charge in [0.1, 0.15) is 11.5 Å². The highest BCUT2D eigenvalue weighted by atomic mass is 16.3. The van der Waals surface area contributed by atoms with Crippen molar-refractivity contribution in [3.05, 3.63) is 35.5 Å². The average Bonchev–Trinajstić information content (AvgIpc) is 2.75. The molecule has 2 rings (SSSR count). The van der Waals surface area contributed by atoms with E-state index < -0.39 is 5.91 Å². The fraction of sp³-hybridized carbons (Fsp3) is 0.286. The van der Waals surface area contributed by atoms with Crippen LogP contribution in [-0.4, -0.2) is 26.3 Å². The Kier molecular flexibility index (Phi) is 3.40. The molecule has 2 aromatic rings. The average molecular weight is 275 g/mol. The number of aromatic amines is 1. The quantitative estimate of drug-likeness (QED) is 0.676. The minimum absolute atomic E-state index is 0.0980. The number of phenols is 2. The summed E-state index contributed by atoms with van der Waals surface area (Å²) in [4.78, 5) is 12.0. The van der Waals surface area contributed by atoms with Crippen molar-refractivity contribution in [3.63, 3.8) is 0 Å². The van der Waals surface area contributed by atoms with E-state index >= 15 is 0 Å². The first kappa shape index (κ1) is 13.9. The van der Waals surface area contributed by atoms with Gasteiger partial charge in [0.15, 0.2) is 5.82 Å². The van der Waals surface area contributed by atoms with Crippen LogP contribution in [0.3, 0.4) is 0 Å². The van der Waals surface area contributed by atoms with Gasteiger partial charge in [0, 0.05) is 28.8 Å². The molecule has 20 heavy (non-hydrogen) atoms. The van der Waals surface area contributed by atoms with Crippen LogP contribution in [0.4, 0.5) is 5.82 Å². The summed E-state index contributed by atoms with van der Waals surface area (Å²) in [5.41, 5.74) is 0.952. The molecule has 0 saturated carbocycles. The molecule has 0 aliphatic heterocycles. The first-order valence-electron chi connectivity index (χ1n) is 6.16. The lowest BCUT2D eigenvalue weighted by molar-refractivity contribution is 0.102. The molecule has 0 saturated heterocycles. The highest BCUT2D eigenvalue weighted by Crippen LogP contribution is 2.23. The van der Waals surface area contributed by atoms with Crippen LogP contribution in [0.25, 0.3) is 0 Å². The summed E-state index contributed by atoms with van der Waals surface area (Å²) in [5.74, 6) is -0.411. The molecule has 1 aromatic heterocycles. The molecule has 0 unspecified atom stereocenters. The number of H-pyrrole nitrogens is 1. The molecule has 0 aliphatic carbocycles. The predicted molar refractivity (Wildman–Crippen MR) is 75.0 cm³/mol. The number of carbonyl (C=O) groups excluding carboxylic acids is 1. The van der Waals surface area contributed by atoms with E-state index in [0.29, 0.717) is 5.82 Å². The largest absolute Gasteiger partial charge is 0.508 e. The van der Waals surface area contributed by atoms with Gasteiger partial charge in [-0.15, -0.1) is 0 Å². The van der Waals surface area contributed by atoms with Crippen LogP contribution in [-0.2, 0) is 5.41 Å². The van der Waals surface area contributed by atoms with Gasteiger partial charge in [0.2, 0.25) is 0 Å². The van der Waals surface area contributed by atoms with Crippen LogP contribution in [0.2, 0.25) is 0 Å². The Hall–Kier alpha value is -2.50. The first-order chi connectivity index (χ1) is 9.25. The molecule has 6 nitrogen and oxygen atoms in total. The second-order valence-electron chi connectivity index (χ2n) is 5.61. The third-order valence-electron chi connectivity index (χ3n) is 2.79. The van der Waals surface area contributed by atoms with Crippen LogP contribution in [0, 0.1) is 0 Å². The van der Waals surface area contributed by atoms with E-state index in [2.05, 4.69) is 15.5 Å². The van der Waals surface area contributed by atoms with Gasteiger partial charge < -0.3 is 15.5 Å². The molecule has 0 aliphatic rings. The Labute approximate surface area is 116 Å². The summed E-state index contributed by atoms with van der Waals surface area (Å²) in [5, 5.41) is 28.2. The number of anilines is 1. The number of hydrogen-bond acceptors (Lipinski definition) is 4. The maximum atomic E-state index is 12.0. The Balaban J connectivity index is 2.17. The van der Waals surface area contributed by atoms with Gasteiger partial charge >= 0.3 is 0 Å². The second-order valence-corrected chi connectivity index (χ2v) is 5.61. The molecule has 6 heteroatoms. The van der Waals surface area contributed by atoms with E-state index in [1.54, 1.807) is 6.07 Å². The minimum Gasteiger partial charge on any atom is -0.508 e. The smallest absolute Gasteiger partial charge is 0.257 e. The Morgan fingerprint density at radius 1 is 1.15 bits per heavy atom. The third-order valence-corrected chi connectivity index (χ3v) is 2.79. The van der Waals surface area contributed by atoms with Crippen molar-refractivity contribution >= 4 is 11.7 Å². The Morgan fingerprint density at radius 3 is 2.25 bits per heavy atom. The molecule has 0 atom stereocenters. The highest BCUT2D eigenvalue weighted by Gasteiger charge is 2.18. The second kappa shape index (κ2) is 4.88. The maximum absolute atomic E-state index is 12.0. The summed E-state index contributed by atoms with van der Waals surface area (Å²) in [6.07, 6.45) is 0. The zero-order valence-electron chi connectivity index (χ0n) is 11.6. The molecule has 1 heterocycles. The van der Waals surface area contributed by atoms with Crippen LogP contribution in [0.1, 0.15) is 36.8 Å². The van der Waals surface area contributed by atoms with Crippen molar-refractivity contribution in [1.29, 1.82) is 0 Å². The fourth-order valence-corrected chi connectivity index (χ4v) is 1.68. The molecule has 4 N–H and O–H groups in total. The minimum atomic E-state index is -0.455.